The van der Waals surface area contributed by atoms with Crippen LogP contribution >= 0.6 is 45.3 Å². The van der Waals surface area contributed by atoms with Gasteiger partial charge in [-0.3, -0.25) is 0 Å². The minimum absolute atomic E-state index is 0.0537. The van der Waals surface area contributed by atoms with Gasteiger partial charge in [0.25, 0.3) is 0 Å². The molecule has 104 heavy (non-hydrogen) atoms. The third-order valence-electron chi connectivity index (χ3n) is 15.7. The average molecular weight is 1450 g/mol. The average Bonchev–Trinajstić information content (AvgIpc) is 1.58. The molecule has 0 atom stereocenters. The molecule has 0 radical (unpaired) electrons. The summed E-state index contributed by atoms with van der Waals surface area (Å²) < 4.78 is 52.6. The summed E-state index contributed by atoms with van der Waals surface area (Å²) >= 11 is 5.81. The maximum absolute atomic E-state index is 6.87. The Bertz CT molecular complexity index is 5590. The summed E-state index contributed by atoms with van der Waals surface area (Å²) in [5, 5.41) is 7.80. The van der Waals surface area contributed by atoms with Gasteiger partial charge in [0.15, 0.2) is 91.9 Å². The van der Waals surface area contributed by atoms with Gasteiger partial charge in [-0.1, -0.05) is 72.8 Å². The molecule has 0 aliphatic carbocycles. The van der Waals surface area contributed by atoms with Crippen molar-refractivity contribution in [3.8, 4) is 158 Å². The predicted molar refractivity (Wildman–Crippen MR) is 401 cm³/mol. The first-order valence-corrected chi connectivity index (χ1v) is 36.7. The lowest BCUT2D eigenvalue weighted by atomic mass is 10.2. The van der Waals surface area contributed by atoms with Crippen LogP contribution in [0.25, 0.3) is 133 Å². The number of benzene rings is 4. The normalized spacial score (nSPS) is 11.8. The summed E-state index contributed by atoms with van der Waals surface area (Å²) in [5.74, 6) is 4.38. The van der Waals surface area contributed by atoms with Crippen LogP contribution in [0.4, 0.5) is 0 Å². The number of aromatic amines is 2. The molecular weight excluding hydrogens is 1390 g/mol. The van der Waals surface area contributed by atoms with Gasteiger partial charge in [0.05, 0.1) is 43.9 Å². The third-order valence-corrected chi connectivity index (χ3v) is 19.2. The van der Waals surface area contributed by atoms with E-state index >= 15 is 0 Å². The van der Waals surface area contributed by atoms with E-state index in [0.717, 1.165) is 19.5 Å². The second-order valence-corrected chi connectivity index (χ2v) is 28.5. The summed E-state index contributed by atoms with van der Waals surface area (Å²) in [4.78, 5) is 85.2. The third kappa shape index (κ3) is 12.7. The zero-order chi connectivity index (χ0) is 70.7. The molecule has 15 aromatic rings. The lowest BCUT2D eigenvalue weighted by Crippen LogP contribution is -2.07. The van der Waals surface area contributed by atoms with Crippen molar-refractivity contribution in [2.75, 3.05) is 0 Å². The number of para-hydroxylation sites is 8. The molecule has 2 aliphatic heterocycles. The Morgan fingerprint density at radius 3 is 0.740 bits per heavy atom. The SMILES string of the molecule is CC(C)Oc1ccccc1Oc1nc2c(nc1-c1cccs1)-c1nc-2nc2[nH]c(nc3nc(nc4[nH]c(n1)c1nc(Oc5ccccc5OC(C)C)c(-c5cccs5)nc41)-c1nc(Oc4ccccc4OC(C)C)c(-c4cccs4)nc1-3)c1nc(Oc3ccccc3OC(C)C)c(-c3cccs3)nc21. The molecule has 24 nitrogen and oxygen atoms in total. The highest BCUT2D eigenvalue weighted by Crippen LogP contribution is 2.47. The van der Waals surface area contributed by atoms with Crippen molar-refractivity contribution >= 4 is 90.0 Å². The van der Waals surface area contributed by atoms with Crippen LogP contribution in [0.2, 0.25) is 0 Å². The molecule has 0 amide bonds. The smallest absolute Gasteiger partial charge is 0.247 e. The molecule has 13 heterocycles. The maximum atomic E-state index is 6.87. The highest BCUT2D eigenvalue weighted by Gasteiger charge is 2.33. The van der Waals surface area contributed by atoms with Crippen molar-refractivity contribution in [2.24, 2.45) is 0 Å². The van der Waals surface area contributed by atoms with Gasteiger partial charge in [-0.05, 0) is 150 Å². The van der Waals surface area contributed by atoms with Gasteiger partial charge in [0, 0.05) is 0 Å². The zero-order valence-corrected chi connectivity index (χ0v) is 59.9. The van der Waals surface area contributed by atoms with Gasteiger partial charge in [0.2, 0.25) is 23.5 Å². The van der Waals surface area contributed by atoms with Crippen molar-refractivity contribution in [1.29, 1.82) is 0 Å². The van der Waals surface area contributed by atoms with Crippen LogP contribution in [0.3, 0.4) is 0 Å². The standard InChI is InChI=1S/C76H58N16O8S4/c1-37(2)93-41-21-9-13-25-45(41)97-73-53(49-29-17-33-101-49)77-57-61(81-73)69-85-65(57)90-70-63-59(79-55(51-31-19-35-103-51)75(83-63)99-47-27-15-11-23-43(47)95-39(5)6)67(87-70)92-72-64-60(80-56(52-32-20-36-104-52)76(84-64)100-48-28-16-12-24-44(48)96-40(7)8)68(88-72)91-71-62-58(66(86-71)89-69)78-54(50-30-18-34-102-50)74(82-62)98-46-26-14-10-22-42(46)94-38(3)4/h9-40H,1-8H3,(H2,85,86,87,88,89,90,91,92). The molecule has 17 rings (SSSR count). The van der Waals surface area contributed by atoms with E-state index in [1.54, 1.807) is 0 Å². The number of hydrogen-bond acceptors (Lipinski definition) is 26. The summed E-state index contributed by atoms with van der Waals surface area (Å²) in [6.45, 7) is 15.6. The first kappa shape index (κ1) is 65.1. The Hall–Kier alpha value is -12.2. The topological polar surface area (TPSA) is 286 Å². The molecule has 0 fully saturated rings. The Balaban J connectivity index is 0.995. The Labute approximate surface area is 608 Å². The summed E-state index contributed by atoms with van der Waals surface area (Å²) in [7, 11) is 0. The molecule has 0 saturated carbocycles. The molecule has 4 aromatic carbocycles. The molecule has 2 aliphatic rings. The molecule has 0 spiro atoms. The van der Waals surface area contributed by atoms with E-state index in [2.05, 4.69) is 9.97 Å². The van der Waals surface area contributed by atoms with Gasteiger partial charge in [0.1, 0.15) is 67.6 Å². The number of aromatic nitrogens is 16. The first-order chi connectivity index (χ1) is 50.7. The summed E-state index contributed by atoms with van der Waals surface area (Å²) in [5.41, 5.74) is 3.98. The fourth-order valence-corrected chi connectivity index (χ4v) is 14.3. The maximum Gasteiger partial charge on any atom is 0.247 e. The van der Waals surface area contributed by atoms with E-state index in [1.807, 2.05) is 223 Å². The number of ether oxygens (including phenoxy) is 8. The van der Waals surface area contributed by atoms with E-state index in [9.17, 15) is 0 Å². The minimum Gasteiger partial charge on any atom is -0.487 e. The van der Waals surface area contributed by atoms with Crippen LogP contribution in [0, 0.1) is 0 Å². The fourth-order valence-electron chi connectivity index (χ4n) is 11.4. The molecule has 514 valence electrons. The highest BCUT2D eigenvalue weighted by atomic mass is 32.1. The number of hydrogen-bond donors (Lipinski definition) is 2. The minimum atomic E-state index is -0.183. The number of fused-ring (bicyclic) bond motifs is 20. The molecule has 8 bridgehead atoms. The zero-order valence-electron chi connectivity index (χ0n) is 56.6. The van der Waals surface area contributed by atoms with E-state index in [4.69, 9.17) is 108 Å². The Kier molecular flexibility index (Phi) is 17.1. The molecular formula is C76H58N16O8S4. The number of thiophene rings is 4. The Morgan fingerprint density at radius 2 is 0.481 bits per heavy atom. The number of nitrogens with zero attached hydrogens (tertiary/aromatic N) is 14. The van der Waals surface area contributed by atoms with Crippen molar-refractivity contribution in [3.05, 3.63) is 167 Å². The Morgan fingerprint density at radius 1 is 0.240 bits per heavy atom. The predicted octanol–water partition coefficient (Wildman–Crippen LogP) is 19.3. The van der Waals surface area contributed by atoms with Crippen molar-refractivity contribution in [2.45, 2.75) is 79.8 Å². The van der Waals surface area contributed by atoms with Crippen LogP contribution in [0.5, 0.6) is 69.5 Å². The van der Waals surface area contributed by atoms with Crippen molar-refractivity contribution in [3.63, 3.8) is 0 Å². The van der Waals surface area contributed by atoms with Crippen LogP contribution in [0.1, 0.15) is 55.4 Å². The quantitative estimate of drug-likeness (QED) is 0.0717. The van der Waals surface area contributed by atoms with Gasteiger partial charge in [-0.25, -0.2) is 69.8 Å². The van der Waals surface area contributed by atoms with Gasteiger partial charge >= 0.3 is 0 Å². The van der Waals surface area contributed by atoms with E-state index in [0.29, 0.717) is 68.8 Å². The van der Waals surface area contributed by atoms with Crippen molar-refractivity contribution < 1.29 is 37.9 Å². The van der Waals surface area contributed by atoms with E-state index < -0.39 is 0 Å². The van der Waals surface area contributed by atoms with E-state index in [-0.39, 0.29) is 139 Å². The van der Waals surface area contributed by atoms with Crippen LogP contribution in [-0.2, 0) is 0 Å². The summed E-state index contributed by atoms with van der Waals surface area (Å²) in [6.07, 6.45) is -0.733. The fraction of sp³-hybridized carbons (Fsp3) is 0.158. The lowest BCUT2D eigenvalue weighted by Gasteiger charge is -2.15. The summed E-state index contributed by atoms with van der Waals surface area (Å²) in [6, 6.07) is 45.0. The monoisotopic (exact) mass is 1450 g/mol. The molecule has 0 saturated heterocycles. The van der Waals surface area contributed by atoms with Crippen molar-refractivity contribution in [1.82, 2.24) is 79.7 Å². The molecule has 0 unspecified atom stereocenters. The van der Waals surface area contributed by atoms with Gasteiger partial charge in [-0.2, -0.15) is 0 Å². The lowest BCUT2D eigenvalue weighted by molar-refractivity contribution is 0.233. The number of H-pyrrole nitrogens is 2. The molecule has 2 N–H and O–H groups in total. The second kappa shape index (κ2) is 27.3. The van der Waals surface area contributed by atoms with Crippen LogP contribution < -0.4 is 37.9 Å². The molecule has 11 aromatic heterocycles. The molecule has 28 heteroatoms. The first-order valence-electron chi connectivity index (χ1n) is 33.2. The highest BCUT2D eigenvalue weighted by molar-refractivity contribution is 7.14. The van der Waals surface area contributed by atoms with Gasteiger partial charge < -0.3 is 47.9 Å². The van der Waals surface area contributed by atoms with E-state index in [1.165, 1.54) is 45.3 Å². The second-order valence-electron chi connectivity index (χ2n) is 24.7. The van der Waals surface area contributed by atoms with Gasteiger partial charge in [-0.15, -0.1) is 45.3 Å². The van der Waals surface area contributed by atoms with Crippen LogP contribution in [-0.4, -0.2) is 104 Å². The largest absolute Gasteiger partial charge is 0.487 e. The number of nitrogens with one attached hydrogen (secondary N) is 2. The number of rotatable bonds is 20. The van der Waals surface area contributed by atoms with Crippen LogP contribution in [0.15, 0.2) is 167 Å².